The molecule has 1 fully saturated rings. The Morgan fingerprint density at radius 3 is 2.50 bits per heavy atom. The van der Waals surface area contributed by atoms with Gasteiger partial charge >= 0.3 is 0 Å². The van der Waals surface area contributed by atoms with Crippen molar-refractivity contribution in [2.75, 3.05) is 6.61 Å². The molecule has 2 N–H and O–H groups in total. The lowest BCUT2D eigenvalue weighted by atomic mass is 9.82. The first-order valence-electron chi connectivity index (χ1n) is 6.05. The van der Waals surface area contributed by atoms with E-state index in [-0.39, 0.29) is 0 Å². The fraction of sp³-hybridized carbons (Fsp3) is 1.00. The molecule has 0 aromatic carbocycles. The molecule has 2 heteroatoms. The van der Waals surface area contributed by atoms with Gasteiger partial charge in [0.05, 0.1) is 0 Å². The number of hydrogen-bond acceptors (Lipinski definition) is 2. The quantitative estimate of drug-likeness (QED) is 0.713. The van der Waals surface area contributed by atoms with Crippen molar-refractivity contribution in [3.05, 3.63) is 0 Å². The highest BCUT2D eigenvalue weighted by Crippen LogP contribution is 2.28. The molecule has 0 saturated heterocycles. The van der Waals surface area contributed by atoms with Crippen molar-refractivity contribution >= 4 is 0 Å². The first-order valence-corrected chi connectivity index (χ1v) is 6.05. The second-order valence-electron chi connectivity index (χ2n) is 5.03. The van der Waals surface area contributed by atoms with Crippen LogP contribution in [0.1, 0.15) is 58.8 Å². The van der Waals surface area contributed by atoms with Crippen LogP contribution in [0.2, 0.25) is 0 Å². The summed E-state index contributed by atoms with van der Waals surface area (Å²) >= 11 is 0. The highest BCUT2D eigenvalue weighted by Gasteiger charge is 2.27. The summed E-state index contributed by atoms with van der Waals surface area (Å²) < 4.78 is 0. The van der Waals surface area contributed by atoms with Crippen LogP contribution in [0.3, 0.4) is 0 Å². The van der Waals surface area contributed by atoms with E-state index < -0.39 is 0 Å². The second-order valence-corrected chi connectivity index (χ2v) is 5.03. The number of rotatable bonds is 5. The third-order valence-electron chi connectivity index (χ3n) is 3.35. The predicted molar refractivity (Wildman–Crippen MR) is 60.4 cm³/mol. The van der Waals surface area contributed by atoms with E-state index in [9.17, 15) is 0 Å². The molecule has 0 aliphatic heterocycles. The SMILES string of the molecule is CC(CCCO)NC1(C)CCCCC1. The topological polar surface area (TPSA) is 32.3 Å². The Morgan fingerprint density at radius 1 is 1.29 bits per heavy atom. The summed E-state index contributed by atoms with van der Waals surface area (Å²) in [6.07, 6.45) is 8.79. The molecule has 84 valence electrons. The maximum Gasteiger partial charge on any atom is 0.0431 e. The first-order chi connectivity index (χ1) is 6.66. The molecule has 1 aliphatic carbocycles. The molecular weight excluding hydrogens is 174 g/mol. The summed E-state index contributed by atoms with van der Waals surface area (Å²) in [4.78, 5) is 0. The van der Waals surface area contributed by atoms with Crippen LogP contribution in [0.5, 0.6) is 0 Å². The van der Waals surface area contributed by atoms with Gasteiger partial charge in [-0.2, -0.15) is 0 Å². The van der Waals surface area contributed by atoms with Crippen molar-refractivity contribution in [2.24, 2.45) is 0 Å². The fourth-order valence-corrected chi connectivity index (χ4v) is 2.54. The molecule has 0 aromatic rings. The van der Waals surface area contributed by atoms with E-state index in [0.717, 1.165) is 12.8 Å². The number of aliphatic hydroxyl groups is 1. The van der Waals surface area contributed by atoms with Crippen LogP contribution in [-0.2, 0) is 0 Å². The average Bonchev–Trinajstić information content (AvgIpc) is 2.15. The zero-order chi connectivity index (χ0) is 10.4. The molecule has 0 amide bonds. The Bertz CT molecular complexity index is 152. The zero-order valence-corrected chi connectivity index (χ0v) is 9.68. The largest absolute Gasteiger partial charge is 0.396 e. The van der Waals surface area contributed by atoms with Crippen LogP contribution >= 0.6 is 0 Å². The number of nitrogens with one attached hydrogen (secondary N) is 1. The molecule has 0 spiro atoms. The van der Waals surface area contributed by atoms with Gasteiger partial charge in [-0.3, -0.25) is 0 Å². The van der Waals surface area contributed by atoms with Crippen LogP contribution in [0, 0.1) is 0 Å². The summed E-state index contributed by atoms with van der Waals surface area (Å²) in [6, 6.07) is 0.547. The molecule has 0 bridgehead atoms. The second kappa shape index (κ2) is 5.72. The Hall–Kier alpha value is -0.0800. The molecule has 0 aromatic heterocycles. The van der Waals surface area contributed by atoms with Crippen LogP contribution in [0.15, 0.2) is 0 Å². The third kappa shape index (κ3) is 3.97. The molecule has 2 nitrogen and oxygen atoms in total. The van der Waals surface area contributed by atoms with Gasteiger partial charge in [0.1, 0.15) is 0 Å². The predicted octanol–water partition coefficient (Wildman–Crippen LogP) is 2.46. The summed E-state index contributed by atoms with van der Waals surface area (Å²) in [6.45, 7) is 4.90. The molecule has 1 unspecified atom stereocenters. The third-order valence-corrected chi connectivity index (χ3v) is 3.35. The molecular formula is C12H25NO. The van der Waals surface area contributed by atoms with Crippen molar-refractivity contribution in [1.82, 2.24) is 5.32 Å². The van der Waals surface area contributed by atoms with Gasteiger partial charge < -0.3 is 10.4 Å². The maximum atomic E-state index is 8.76. The van der Waals surface area contributed by atoms with Gasteiger partial charge in [0, 0.05) is 18.2 Å². The van der Waals surface area contributed by atoms with Gasteiger partial charge in [-0.1, -0.05) is 19.3 Å². The van der Waals surface area contributed by atoms with Crippen LogP contribution in [0.4, 0.5) is 0 Å². The van der Waals surface area contributed by atoms with E-state index in [2.05, 4.69) is 19.2 Å². The van der Waals surface area contributed by atoms with Gasteiger partial charge in [-0.25, -0.2) is 0 Å². The lowest BCUT2D eigenvalue weighted by Gasteiger charge is -2.37. The molecule has 1 atom stereocenters. The molecule has 1 rings (SSSR count). The van der Waals surface area contributed by atoms with Crippen molar-refractivity contribution in [1.29, 1.82) is 0 Å². The van der Waals surface area contributed by atoms with Crippen molar-refractivity contribution in [2.45, 2.75) is 70.4 Å². The highest BCUT2D eigenvalue weighted by atomic mass is 16.2. The molecule has 1 saturated carbocycles. The average molecular weight is 199 g/mol. The number of hydrogen-bond donors (Lipinski definition) is 2. The molecule has 1 aliphatic rings. The molecule has 0 radical (unpaired) electrons. The normalized spacial score (nSPS) is 23.4. The highest BCUT2D eigenvalue weighted by molar-refractivity contribution is 4.88. The lowest BCUT2D eigenvalue weighted by molar-refractivity contribution is 0.217. The van der Waals surface area contributed by atoms with Crippen LogP contribution in [-0.4, -0.2) is 23.3 Å². The summed E-state index contributed by atoms with van der Waals surface area (Å²) in [7, 11) is 0. The minimum absolute atomic E-state index is 0.322. The minimum atomic E-state index is 0.322. The molecule has 14 heavy (non-hydrogen) atoms. The van der Waals surface area contributed by atoms with E-state index >= 15 is 0 Å². The van der Waals surface area contributed by atoms with E-state index in [1.54, 1.807) is 0 Å². The summed E-state index contributed by atoms with van der Waals surface area (Å²) in [5.74, 6) is 0. The van der Waals surface area contributed by atoms with E-state index in [4.69, 9.17) is 5.11 Å². The Labute approximate surface area is 88.1 Å². The van der Waals surface area contributed by atoms with Crippen molar-refractivity contribution in [3.8, 4) is 0 Å². The maximum absolute atomic E-state index is 8.76. The molecule has 0 heterocycles. The van der Waals surface area contributed by atoms with Crippen LogP contribution < -0.4 is 5.32 Å². The van der Waals surface area contributed by atoms with E-state index in [0.29, 0.717) is 18.2 Å². The first kappa shape index (κ1) is 12.0. The summed E-state index contributed by atoms with van der Waals surface area (Å²) in [5, 5.41) is 12.5. The van der Waals surface area contributed by atoms with Gasteiger partial charge in [-0.15, -0.1) is 0 Å². The fourth-order valence-electron chi connectivity index (χ4n) is 2.54. The van der Waals surface area contributed by atoms with Gasteiger partial charge in [0.15, 0.2) is 0 Å². The van der Waals surface area contributed by atoms with Crippen molar-refractivity contribution < 1.29 is 5.11 Å². The smallest absolute Gasteiger partial charge is 0.0431 e. The monoisotopic (exact) mass is 199 g/mol. The Morgan fingerprint density at radius 2 is 1.93 bits per heavy atom. The lowest BCUT2D eigenvalue weighted by Crippen LogP contribution is -2.48. The summed E-state index contributed by atoms with van der Waals surface area (Å²) in [5.41, 5.74) is 0.368. The Kier molecular flexibility index (Phi) is 4.90. The van der Waals surface area contributed by atoms with E-state index in [1.165, 1.54) is 32.1 Å². The minimum Gasteiger partial charge on any atom is -0.396 e. The zero-order valence-electron chi connectivity index (χ0n) is 9.68. The Balaban J connectivity index is 2.25. The van der Waals surface area contributed by atoms with Crippen LogP contribution in [0.25, 0.3) is 0 Å². The van der Waals surface area contributed by atoms with Crippen molar-refractivity contribution in [3.63, 3.8) is 0 Å². The number of aliphatic hydroxyl groups excluding tert-OH is 1. The standard InChI is InChI=1S/C12H25NO/c1-11(7-6-10-14)13-12(2)8-4-3-5-9-12/h11,13-14H,3-10H2,1-2H3. The van der Waals surface area contributed by atoms with Gasteiger partial charge in [-0.05, 0) is 39.5 Å². The van der Waals surface area contributed by atoms with E-state index in [1.807, 2.05) is 0 Å². The van der Waals surface area contributed by atoms with Gasteiger partial charge in [0.2, 0.25) is 0 Å². The van der Waals surface area contributed by atoms with Gasteiger partial charge in [0.25, 0.3) is 0 Å².